The molecule has 2 rings (SSSR count). The van der Waals surface area contributed by atoms with Crippen LogP contribution in [0.2, 0.25) is 0 Å². The maximum atomic E-state index is 12.9. The topological polar surface area (TPSA) is 91.1 Å². The van der Waals surface area contributed by atoms with Gasteiger partial charge in [0.25, 0.3) is 0 Å². The molecule has 0 aliphatic carbocycles. The summed E-state index contributed by atoms with van der Waals surface area (Å²) in [4.78, 5) is 16.2. The molecule has 136 valence electrons. The number of hydrogen-bond acceptors (Lipinski definition) is 5. The van der Waals surface area contributed by atoms with Crippen molar-refractivity contribution in [2.75, 3.05) is 13.6 Å². The summed E-state index contributed by atoms with van der Waals surface area (Å²) in [6.45, 7) is 0.103. The van der Waals surface area contributed by atoms with Crippen molar-refractivity contribution < 1.29 is 17.6 Å². The van der Waals surface area contributed by atoms with Crippen molar-refractivity contribution in [3.63, 3.8) is 0 Å². The number of carbonyl (C=O) groups is 1. The van der Waals surface area contributed by atoms with Gasteiger partial charge in [-0.1, -0.05) is 6.07 Å². The number of ketones is 1. The largest absolute Gasteiger partial charge is 0.298 e. The van der Waals surface area contributed by atoms with Crippen LogP contribution in [-0.4, -0.2) is 37.1 Å². The quantitative estimate of drug-likeness (QED) is 0.707. The van der Waals surface area contributed by atoms with E-state index in [2.05, 4.69) is 4.98 Å². The van der Waals surface area contributed by atoms with Gasteiger partial charge in [0.05, 0.1) is 16.7 Å². The minimum atomic E-state index is -3.75. The molecule has 0 saturated heterocycles. The molecule has 0 aliphatic rings. The van der Waals surface area contributed by atoms with Crippen molar-refractivity contribution in [2.24, 2.45) is 0 Å². The smallest absolute Gasteiger partial charge is 0.242 e. The first-order valence-electron chi connectivity index (χ1n) is 7.91. The van der Waals surface area contributed by atoms with Gasteiger partial charge in [-0.25, -0.2) is 17.1 Å². The summed E-state index contributed by atoms with van der Waals surface area (Å²) in [7, 11) is -2.36. The fourth-order valence-corrected chi connectivity index (χ4v) is 3.59. The summed E-state index contributed by atoms with van der Waals surface area (Å²) in [5.41, 5.74) is 0.382. The average Bonchev–Trinajstić information content (AvgIpc) is 2.63. The van der Waals surface area contributed by atoms with E-state index in [0.717, 1.165) is 16.4 Å². The number of rotatable bonds is 8. The fraction of sp³-hybridized carbons (Fsp3) is 0.278. The second-order valence-electron chi connectivity index (χ2n) is 5.67. The zero-order chi connectivity index (χ0) is 19.2. The Kier molecular flexibility index (Phi) is 6.55. The number of pyridine rings is 1. The van der Waals surface area contributed by atoms with E-state index in [-0.39, 0.29) is 30.1 Å². The first kappa shape index (κ1) is 19.7. The van der Waals surface area contributed by atoms with E-state index in [4.69, 9.17) is 0 Å². The molecule has 0 spiro atoms. The summed E-state index contributed by atoms with van der Waals surface area (Å²) < 4.78 is 38.8. The number of Topliss-reactive ketones (excluding diaryl/α,β-unsaturated/α-hetero) is 1. The molecule has 1 atom stereocenters. The molecule has 8 heteroatoms. The van der Waals surface area contributed by atoms with Crippen molar-refractivity contribution in [2.45, 2.75) is 23.7 Å². The second-order valence-corrected chi connectivity index (χ2v) is 7.71. The average molecular weight is 375 g/mol. The third-order valence-corrected chi connectivity index (χ3v) is 5.72. The monoisotopic (exact) mass is 375 g/mol. The number of sulfonamides is 1. The maximum Gasteiger partial charge on any atom is 0.242 e. The Morgan fingerprint density at radius 1 is 1.27 bits per heavy atom. The standard InChI is InChI=1S/C18H18FN3O3S/c1-22(26(24,25)15-9-7-14(19)8-10-15)12-4-6-18(23)16(13-20)17-5-2-3-11-21-17/h2-3,5,7-11,16H,4,6,12H2,1H3. The van der Waals surface area contributed by atoms with Crippen LogP contribution < -0.4 is 0 Å². The van der Waals surface area contributed by atoms with Gasteiger partial charge in [-0.2, -0.15) is 5.26 Å². The van der Waals surface area contributed by atoms with Gasteiger partial charge >= 0.3 is 0 Å². The molecule has 2 aromatic rings. The predicted octanol–water partition coefficient (Wildman–Crippen LogP) is 2.50. The molecule has 0 bridgehead atoms. The fourth-order valence-electron chi connectivity index (χ4n) is 2.38. The van der Waals surface area contributed by atoms with E-state index in [1.807, 2.05) is 6.07 Å². The highest BCUT2D eigenvalue weighted by molar-refractivity contribution is 7.89. The van der Waals surface area contributed by atoms with Gasteiger partial charge < -0.3 is 0 Å². The number of benzene rings is 1. The highest BCUT2D eigenvalue weighted by atomic mass is 32.2. The Labute approximate surface area is 152 Å². The number of carbonyl (C=O) groups excluding carboxylic acids is 1. The van der Waals surface area contributed by atoms with E-state index in [0.29, 0.717) is 5.69 Å². The van der Waals surface area contributed by atoms with E-state index in [9.17, 15) is 22.9 Å². The first-order chi connectivity index (χ1) is 12.4. The molecule has 1 unspecified atom stereocenters. The Morgan fingerprint density at radius 3 is 2.54 bits per heavy atom. The molecular weight excluding hydrogens is 357 g/mol. The van der Waals surface area contributed by atoms with Crippen LogP contribution in [0.5, 0.6) is 0 Å². The predicted molar refractivity (Wildman–Crippen MR) is 93.0 cm³/mol. The van der Waals surface area contributed by atoms with Crippen LogP contribution in [0.1, 0.15) is 24.5 Å². The van der Waals surface area contributed by atoms with Crippen LogP contribution in [0.3, 0.4) is 0 Å². The van der Waals surface area contributed by atoms with Gasteiger partial charge in [-0.15, -0.1) is 0 Å². The Bertz CT molecular complexity index is 894. The molecule has 0 fully saturated rings. The Hall–Kier alpha value is -2.63. The number of halogens is 1. The third kappa shape index (κ3) is 4.71. The Morgan fingerprint density at radius 2 is 1.96 bits per heavy atom. The summed E-state index contributed by atoms with van der Waals surface area (Å²) in [5.74, 6) is -1.79. The van der Waals surface area contributed by atoms with Crippen molar-refractivity contribution in [1.82, 2.24) is 9.29 Å². The summed E-state index contributed by atoms with van der Waals surface area (Å²) in [5, 5.41) is 9.21. The molecule has 26 heavy (non-hydrogen) atoms. The van der Waals surface area contributed by atoms with Gasteiger partial charge in [0.1, 0.15) is 11.7 Å². The van der Waals surface area contributed by atoms with Gasteiger partial charge in [0, 0.05) is 26.2 Å². The van der Waals surface area contributed by atoms with E-state index >= 15 is 0 Å². The molecule has 0 N–H and O–H groups in total. The second kappa shape index (κ2) is 8.65. The minimum Gasteiger partial charge on any atom is -0.298 e. The van der Waals surface area contributed by atoms with Crippen LogP contribution in [-0.2, 0) is 14.8 Å². The number of nitrogens with zero attached hydrogens (tertiary/aromatic N) is 3. The lowest BCUT2D eigenvalue weighted by atomic mass is 9.98. The van der Waals surface area contributed by atoms with Crippen molar-refractivity contribution in [1.29, 1.82) is 5.26 Å². The molecule has 1 aromatic carbocycles. The highest BCUT2D eigenvalue weighted by Crippen LogP contribution is 2.18. The lowest BCUT2D eigenvalue weighted by Gasteiger charge is -2.17. The lowest BCUT2D eigenvalue weighted by Crippen LogP contribution is -2.28. The molecule has 0 amide bonds. The molecule has 0 saturated carbocycles. The molecule has 1 aromatic heterocycles. The van der Waals surface area contributed by atoms with Crippen molar-refractivity contribution in [3.8, 4) is 6.07 Å². The van der Waals surface area contributed by atoms with Crippen LogP contribution in [0.25, 0.3) is 0 Å². The normalized spacial score (nSPS) is 12.5. The van der Waals surface area contributed by atoms with E-state index < -0.39 is 21.8 Å². The van der Waals surface area contributed by atoms with Crippen molar-refractivity contribution >= 4 is 15.8 Å². The van der Waals surface area contributed by atoms with E-state index in [1.165, 1.54) is 25.4 Å². The van der Waals surface area contributed by atoms with Gasteiger partial charge in [0.2, 0.25) is 10.0 Å². The first-order valence-corrected chi connectivity index (χ1v) is 9.35. The van der Waals surface area contributed by atoms with Crippen LogP contribution in [0, 0.1) is 17.1 Å². The van der Waals surface area contributed by atoms with Gasteiger partial charge in [0.15, 0.2) is 5.78 Å². The van der Waals surface area contributed by atoms with Crippen LogP contribution in [0.15, 0.2) is 53.6 Å². The third-order valence-electron chi connectivity index (χ3n) is 3.85. The Balaban J connectivity index is 1.95. The van der Waals surface area contributed by atoms with Crippen molar-refractivity contribution in [3.05, 3.63) is 60.2 Å². The van der Waals surface area contributed by atoms with Crippen LogP contribution >= 0.6 is 0 Å². The summed E-state index contributed by atoms with van der Waals surface area (Å²) in [6.07, 6.45) is 1.83. The van der Waals surface area contributed by atoms with E-state index in [1.54, 1.807) is 18.2 Å². The molecule has 1 heterocycles. The molecule has 0 aliphatic heterocycles. The van der Waals surface area contributed by atoms with Gasteiger partial charge in [-0.05, 0) is 42.8 Å². The lowest BCUT2D eigenvalue weighted by molar-refractivity contribution is -0.119. The van der Waals surface area contributed by atoms with Crippen LogP contribution in [0.4, 0.5) is 4.39 Å². The summed E-state index contributed by atoms with van der Waals surface area (Å²) in [6, 6.07) is 11.5. The minimum absolute atomic E-state index is 0.0175. The SMILES string of the molecule is CN(CCCC(=O)C(C#N)c1ccccn1)S(=O)(=O)c1ccc(F)cc1. The molecule has 6 nitrogen and oxygen atoms in total. The number of hydrogen-bond donors (Lipinski definition) is 0. The zero-order valence-electron chi connectivity index (χ0n) is 14.2. The molecule has 0 radical (unpaired) electrons. The zero-order valence-corrected chi connectivity index (χ0v) is 15.0. The summed E-state index contributed by atoms with van der Waals surface area (Å²) >= 11 is 0. The maximum absolute atomic E-state index is 12.9. The highest BCUT2D eigenvalue weighted by Gasteiger charge is 2.23. The number of nitriles is 1. The van der Waals surface area contributed by atoms with Gasteiger partial charge in [-0.3, -0.25) is 9.78 Å². The number of aromatic nitrogens is 1. The molecular formula is C18H18FN3O3S.